The van der Waals surface area contributed by atoms with Crippen LogP contribution in [0.4, 0.5) is 5.13 Å². The van der Waals surface area contributed by atoms with E-state index < -0.39 is 5.91 Å². The minimum atomic E-state index is -0.698. The molecule has 0 spiro atoms. The number of benzene rings is 2. The van der Waals surface area contributed by atoms with Gasteiger partial charge in [-0.25, -0.2) is 9.99 Å². The Morgan fingerprint density at radius 3 is 2.70 bits per heavy atom. The number of anilines is 1. The van der Waals surface area contributed by atoms with E-state index in [-0.39, 0.29) is 17.4 Å². The van der Waals surface area contributed by atoms with Crippen LogP contribution in [0.2, 0.25) is 0 Å². The molecular weight excluding hydrogens is 440 g/mol. The van der Waals surface area contributed by atoms with Gasteiger partial charge in [0.05, 0.1) is 30.3 Å². The first-order valence-electron chi connectivity index (χ1n) is 10.2. The number of methoxy groups -OCH3 is 1. The molecule has 0 saturated carbocycles. The number of nitrogens with two attached hydrogens (primary N) is 1. The molecule has 4 aromatic rings. The highest BCUT2D eigenvalue weighted by Gasteiger charge is 2.33. The number of rotatable bonds is 6. The van der Waals surface area contributed by atoms with Crippen molar-refractivity contribution < 1.29 is 19.1 Å². The van der Waals surface area contributed by atoms with Crippen LogP contribution in [0, 0.1) is 0 Å². The van der Waals surface area contributed by atoms with Crippen molar-refractivity contribution in [1.82, 2.24) is 4.98 Å². The van der Waals surface area contributed by atoms with Gasteiger partial charge in [-0.15, -0.1) is 11.3 Å². The Bertz CT molecular complexity index is 1330. The third-order valence-electron chi connectivity index (χ3n) is 5.45. The summed E-state index contributed by atoms with van der Waals surface area (Å²) in [4.78, 5) is 16.4. The van der Waals surface area contributed by atoms with Crippen molar-refractivity contribution in [3.05, 3.63) is 83.1 Å². The Kier molecular flexibility index (Phi) is 5.31. The molecule has 2 aromatic carbocycles. The summed E-state index contributed by atoms with van der Waals surface area (Å²) >= 11 is 1.43. The normalized spacial score (nSPS) is 15.5. The van der Waals surface area contributed by atoms with Crippen molar-refractivity contribution in [2.45, 2.75) is 12.5 Å². The van der Waals surface area contributed by atoms with Crippen LogP contribution in [0.5, 0.6) is 11.5 Å². The average molecular weight is 461 g/mol. The van der Waals surface area contributed by atoms with Gasteiger partial charge in [0.1, 0.15) is 23.3 Å². The van der Waals surface area contributed by atoms with Crippen molar-refractivity contribution in [3.8, 4) is 22.8 Å². The molecule has 3 N–H and O–H groups in total. The second-order valence-corrected chi connectivity index (χ2v) is 8.30. The number of carbonyl (C=O) groups is 1. The highest BCUT2D eigenvalue weighted by molar-refractivity contribution is 7.14. The van der Waals surface area contributed by atoms with E-state index in [1.165, 1.54) is 23.5 Å². The van der Waals surface area contributed by atoms with Gasteiger partial charge in [0.15, 0.2) is 0 Å². The zero-order valence-corrected chi connectivity index (χ0v) is 18.5. The van der Waals surface area contributed by atoms with Crippen LogP contribution < -0.4 is 15.5 Å². The molecule has 1 aliphatic rings. The summed E-state index contributed by atoms with van der Waals surface area (Å²) in [5, 5.41) is 19.2. The summed E-state index contributed by atoms with van der Waals surface area (Å²) in [6, 6.07) is 16.1. The molecule has 1 aliphatic heterocycles. The summed E-state index contributed by atoms with van der Waals surface area (Å²) in [5.41, 5.74) is 8.66. The fourth-order valence-electron chi connectivity index (χ4n) is 3.74. The Labute approximate surface area is 193 Å². The number of ether oxygens (including phenoxy) is 1. The quantitative estimate of drug-likeness (QED) is 0.436. The van der Waals surface area contributed by atoms with Crippen molar-refractivity contribution in [2.24, 2.45) is 10.8 Å². The van der Waals surface area contributed by atoms with Gasteiger partial charge in [0.2, 0.25) is 5.13 Å². The number of furan rings is 1. The first-order chi connectivity index (χ1) is 16.0. The van der Waals surface area contributed by atoms with Gasteiger partial charge in [-0.2, -0.15) is 5.10 Å². The van der Waals surface area contributed by atoms with E-state index in [4.69, 9.17) is 25.0 Å². The maximum absolute atomic E-state index is 11.6. The number of aromatic nitrogens is 1. The van der Waals surface area contributed by atoms with Crippen LogP contribution in [-0.4, -0.2) is 28.8 Å². The SMILES string of the molecule is COc1ccc(C2=NN(c3nc(-c4ccc(O)c(C(N)=O)c4)cs3)C(c3ccco3)C2)cc1. The van der Waals surface area contributed by atoms with Crippen LogP contribution in [0.25, 0.3) is 11.3 Å². The number of amides is 1. The van der Waals surface area contributed by atoms with Crippen LogP contribution in [0.3, 0.4) is 0 Å². The monoisotopic (exact) mass is 460 g/mol. The van der Waals surface area contributed by atoms with Crippen LogP contribution >= 0.6 is 11.3 Å². The van der Waals surface area contributed by atoms with Crippen molar-refractivity contribution >= 4 is 28.1 Å². The summed E-state index contributed by atoms with van der Waals surface area (Å²) in [7, 11) is 1.64. The standard InChI is InChI=1S/C24H20N4O4S/c1-31-16-7-4-14(5-8-16)18-12-20(22-3-2-10-32-22)28(27-18)24-26-19(13-33-24)15-6-9-21(29)17(11-15)23(25)30/h2-11,13,20,29H,12H2,1H3,(H2,25,30). The van der Waals surface area contributed by atoms with Crippen LogP contribution in [-0.2, 0) is 0 Å². The highest BCUT2D eigenvalue weighted by Crippen LogP contribution is 2.40. The molecule has 0 aliphatic carbocycles. The van der Waals surface area contributed by atoms with Gasteiger partial charge in [0.25, 0.3) is 5.91 Å². The summed E-state index contributed by atoms with van der Waals surface area (Å²) in [5.74, 6) is 0.717. The van der Waals surface area contributed by atoms with Gasteiger partial charge in [-0.3, -0.25) is 4.79 Å². The number of hydrazone groups is 1. The molecule has 0 fully saturated rings. The zero-order chi connectivity index (χ0) is 22.9. The predicted molar refractivity (Wildman–Crippen MR) is 126 cm³/mol. The number of nitrogens with zero attached hydrogens (tertiary/aromatic N) is 3. The topological polar surface area (TPSA) is 114 Å². The molecule has 33 heavy (non-hydrogen) atoms. The van der Waals surface area contributed by atoms with E-state index in [0.29, 0.717) is 22.8 Å². The molecule has 8 nitrogen and oxygen atoms in total. The molecule has 0 saturated heterocycles. The minimum Gasteiger partial charge on any atom is -0.507 e. The zero-order valence-electron chi connectivity index (χ0n) is 17.6. The Morgan fingerprint density at radius 2 is 2.00 bits per heavy atom. The Morgan fingerprint density at radius 1 is 1.21 bits per heavy atom. The van der Waals surface area contributed by atoms with E-state index in [1.807, 2.05) is 46.8 Å². The number of thiazole rings is 1. The number of hydrogen-bond donors (Lipinski definition) is 2. The first kappa shape index (κ1) is 20.8. The first-order valence-corrected chi connectivity index (χ1v) is 11.0. The lowest BCUT2D eigenvalue weighted by Crippen LogP contribution is -2.17. The molecule has 0 bridgehead atoms. The molecule has 1 atom stereocenters. The Hall–Kier alpha value is -4.11. The van der Waals surface area contributed by atoms with E-state index in [0.717, 1.165) is 22.8 Å². The van der Waals surface area contributed by atoms with E-state index in [1.54, 1.807) is 19.4 Å². The van der Waals surface area contributed by atoms with Gasteiger partial charge in [-0.1, -0.05) is 0 Å². The lowest BCUT2D eigenvalue weighted by atomic mass is 10.0. The number of primary amides is 1. The lowest BCUT2D eigenvalue weighted by Gasteiger charge is -2.18. The molecule has 1 unspecified atom stereocenters. The van der Waals surface area contributed by atoms with Crippen molar-refractivity contribution in [1.29, 1.82) is 0 Å². The third kappa shape index (κ3) is 3.94. The molecule has 166 valence electrons. The number of hydrogen-bond acceptors (Lipinski definition) is 8. The number of carbonyl (C=O) groups excluding carboxylic acids is 1. The second-order valence-electron chi connectivity index (χ2n) is 7.47. The fourth-order valence-corrected chi connectivity index (χ4v) is 4.57. The smallest absolute Gasteiger partial charge is 0.252 e. The summed E-state index contributed by atoms with van der Waals surface area (Å²) in [6.45, 7) is 0. The molecule has 3 heterocycles. The molecule has 9 heteroatoms. The largest absolute Gasteiger partial charge is 0.507 e. The summed E-state index contributed by atoms with van der Waals surface area (Å²) < 4.78 is 11.0. The van der Waals surface area contributed by atoms with Crippen molar-refractivity contribution in [3.63, 3.8) is 0 Å². The lowest BCUT2D eigenvalue weighted by molar-refractivity contribution is 0.0998. The maximum Gasteiger partial charge on any atom is 0.252 e. The van der Waals surface area contributed by atoms with E-state index in [2.05, 4.69) is 0 Å². The van der Waals surface area contributed by atoms with Crippen LogP contribution in [0.1, 0.15) is 34.1 Å². The van der Waals surface area contributed by atoms with Gasteiger partial charge < -0.3 is 20.0 Å². The van der Waals surface area contributed by atoms with E-state index >= 15 is 0 Å². The molecular formula is C24H20N4O4S. The average Bonchev–Trinajstić information content (AvgIpc) is 3.59. The number of phenols is 1. The van der Waals surface area contributed by atoms with E-state index in [9.17, 15) is 9.90 Å². The molecule has 0 radical (unpaired) electrons. The molecule has 1 amide bonds. The van der Waals surface area contributed by atoms with Gasteiger partial charge in [0, 0.05) is 17.4 Å². The van der Waals surface area contributed by atoms with Gasteiger partial charge in [-0.05, 0) is 60.2 Å². The summed E-state index contributed by atoms with van der Waals surface area (Å²) in [6.07, 6.45) is 2.30. The van der Waals surface area contributed by atoms with Crippen molar-refractivity contribution in [2.75, 3.05) is 12.1 Å². The van der Waals surface area contributed by atoms with Crippen LogP contribution in [0.15, 0.2) is 75.8 Å². The molecule has 2 aromatic heterocycles. The number of aromatic hydroxyl groups is 1. The fraction of sp³-hybridized carbons (Fsp3) is 0.125. The Balaban J connectivity index is 1.50. The van der Waals surface area contributed by atoms with Gasteiger partial charge >= 0.3 is 0 Å². The maximum atomic E-state index is 11.6. The third-order valence-corrected chi connectivity index (χ3v) is 6.28. The molecule has 5 rings (SSSR count). The minimum absolute atomic E-state index is 0.0523. The predicted octanol–water partition coefficient (Wildman–Crippen LogP) is 4.57. The highest BCUT2D eigenvalue weighted by atomic mass is 32.1. The second kappa shape index (κ2) is 8.44.